The molecule has 1 atom stereocenters. The Bertz CT molecular complexity index is 83.4. The van der Waals surface area contributed by atoms with Crippen LogP contribution in [-0.4, -0.2) is 28.0 Å². The minimum Gasteiger partial charge on any atom is -0.479 e. The molecule has 3 nitrogen and oxygen atoms in total. The van der Waals surface area contributed by atoms with Crippen LogP contribution in [0.25, 0.3) is 0 Å². The van der Waals surface area contributed by atoms with Gasteiger partial charge >= 0.3 is 5.97 Å². The van der Waals surface area contributed by atoms with E-state index in [0.717, 1.165) is 0 Å². The van der Waals surface area contributed by atoms with Gasteiger partial charge in [0.15, 0.2) is 6.10 Å². The summed E-state index contributed by atoms with van der Waals surface area (Å²) in [6.07, 6.45) is -1.04. The second kappa shape index (κ2) is 3.74. The van der Waals surface area contributed by atoms with Crippen molar-refractivity contribution in [1.29, 1.82) is 0 Å². The van der Waals surface area contributed by atoms with Gasteiger partial charge in [0.1, 0.15) is 0 Å². The molecule has 0 aromatic carbocycles. The predicted molar refractivity (Wildman–Crippen MR) is 32.1 cm³/mol. The smallest absolute Gasteiger partial charge is 0.332 e. The maximum atomic E-state index is 9.81. The number of hydrogen-bond acceptors (Lipinski definition) is 3. The fraction of sp³-hybridized carbons (Fsp3) is 0.750. The molecule has 4 heteroatoms. The van der Waals surface area contributed by atoms with E-state index >= 15 is 0 Å². The average Bonchev–Trinajstić information content (AvgIpc) is 1.67. The van der Waals surface area contributed by atoms with Crippen LogP contribution in [0.1, 0.15) is 6.42 Å². The molecule has 2 N–H and O–H groups in total. The maximum Gasteiger partial charge on any atom is 0.332 e. The van der Waals surface area contributed by atoms with Crippen LogP contribution < -0.4 is 0 Å². The number of hydrogen-bond donors (Lipinski definition) is 3. The van der Waals surface area contributed by atoms with Crippen molar-refractivity contribution in [3.63, 3.8) is 0 Å². The molecule has 8 heavy (non-hydrogen) atoms. The fourth-order valence-corrected chi connectivity index (χ4v) is 0.490. The molecule has 0 saturated heterocycles. The number of thiol groups is 1. The van der Waals surface area contributed by atoms with Gasteiger partial charge < -0.3 is 10.2 Å². The molecule has 0 fully saturated rings. The van der Waals surface area contributed by atoms with Crippen molar-refractivity contribution in [1.82, 2.24) is 0 Å². The first-order valence-electron chi connectivity index (χ1n) is 2.20. The van der Waals surface area contributed by atoms with Gasteiger partial charge in [-0.25, -0.2) is 4.79 Å². The van der Waals surface area contributed by atoms with Gasteiger partial charge in [-0.1, -0.05) is 0 Å². The Kier molecular flexibility index (Phi) is 3.64. The highest BCUT2D eigenvalue weighted by Crippen LogP contribution is 1.91. The summed E-state index contributed by atoms with van der Waals surface area (Å²) in [6, 6.07) is 0. The van der Waals surface area contributed by atoms with Crippen molar-refractivity contribution in [2.45, 2.75) is 12.5 Å². The van der Waals surface area contributed by atoms with Gasteiger partial charge in [0.2, 0.25) is 0 Å². The molecular formula is C4H8O3S. The van der Waals surface area contributed by atoms with Crippen LogP contribution in [0.4, 0.5) is 0 Å². The van der Waals surface area contributed by atoms with Gasteiger partial charge in [-0.3, -0.25) is 0 Å². The maximum absolute atomic E-state index is 9.81. The van der Waals surface area contributed by atoms with Crippen molar-refractivity contribution in [2.24, 2.45) is 0 Å². The minimum atomic E-state index is -1.24. The molecule has 0 amide bonds. The van der Waals surface area contributed by atoms with Crippen LogP contribution >= 0.6 is 12.6 Å². The number of aliphatic carboxylic acids is 1. The summed E-state index contributed by atoms with van der Waals surface area (Å²) in [7, 11) is 0. The molecule has 0 aliphatic heterocycles. The van der Waals surface area contributed by atoms with Gasteiger partial charge in [0, 0.05) is 0 Å². The molecular weight excluding hydrogens is 128 g/mol. The van der Waals surface area contributed by atoms with Crippen LogP contribution in [-0.2, 0) is 4.79 Å². The van der Waals surface area contributed by atoms with E-state index in [1.165, 1.54) is 0 Å². The Morgan fingerprint density at radius 2 is 2.25 bits per heavy atom. The van der Waals surface area contributed by atoms with Gasteiger partial charge in [0.05, 0.1) is 0 Å². The SMILES string of the molecule is O=C(O)[C@@H](O)CCS. The van der Waals surface area contributed by atoms with E-state index in [4.69, 9.17) is 10.2 Å². The molecule has 0 aliphatic rings. The third-order valence-electron chi connectivity index (χ3n) is 0.688. The second-order valence-corrected chi connectivity index (χ2v) is 1.81. The Hall–Kier alpha value is -0.220. The van der Waals surface area contributed by atoms with Gasteiger partial charge in [0.25, 0.3) is 0 Å². The first-order chi connectivity index (χ1) is 3.68. The summed E-state index contributed by atoms with van der Waals surface area (Å²) in [5.74, 6) is -0.785. The van der Waals surface area contributed by atoms with E-state index in [1.807, 2.05) is 0 Å². The minimum absolute atomic E-state index is 0.207. The third kappa shape index (κ3) is 2.87. The first-order valence-corrected chi connectivity index (χ1v) is 2.83. The molecule has 0 aliphatic carbocycles. The highest BCUT2D eigenvalue weighted by molar-refractivity contribution is 7.80. The lowest BCUT2D eigenvalue weighted by Gasteiger charge is -1.99. The van der Waals surface area contributed by atoms with E-state index in [0.29, 0.717) is 5.75 Å². The lowest BCUT2D eigenvalue weighted by Crippen LogP contribution is -2.19. The Balaban J connectivity index is 3.32. The summed E-state index contributed by atoms with van der Waals surface area (Å²) in [5, 5.41) is 16.5. The zero-order valence-corrected chi connectivity index (χ0v) is 5.14. The van der Waals surface area contributed by atoms with Crippen molar-refractivity contribution < 1.29 is 15.0 Å². The van der Waals surface area contributed by atoms with Gasteiger partial charge in [-0.15, -0.1) is 0 Å². The largest absolute Gasteiger partial charge is 0.479 e. The zero-order valence-electron chi connectivity index (χ0n) is 4.24. The van der Waals surface area contributed by atoms with Crippen molar-refractivity contribution in [3.8, 4) is 0 Å². The van der Waals surface area contributed by atoms with Crippen molar-refractivity contribution in [3.05, 3.63) is 0 Å². The van der Waals surface area contributed by atoms with E-state index in [-0.39, 0.29) is 6.42 Å². The van der Waals surface area contributed by atoms with Gasteiger partial charge in [-0.05, 0) is 12.2 Å². The normalized spacial score (nSPS) is 13.2. The summed E-state index contributed by atoms with van der Waals surface area (Å²) in [4.78, 5) is 9.81. The Labute approximate surface area is 52.7 Å². The Morgan fingerprint density at radius 1 is 1.75 bits per heavy atom. The summed E-state index contributed by atoms with van der Waals surface area (Å²) in [5.41, 5.74) is 0. The summed E-state index contributed by atoms with van der Waals surface area (Å²) in [6.45, 7) is 0. The number of aliphatic hydroxyl groups excluding tert-OH is 1. The topological polar surface area (TPSA) is 57.5 Å². The number of carboxylic acid groups (broad SMARTS) is 1. The molecule has 0 aromatic heterocycles. The molecule has 48 valence electrons. The molecule has 0 aromatic rings. The number of carboxylic acids is 1. The zero-order chi connectivity index (χ0) is 6.57. The molecule has 0 radical (unpaired) electrons. The summed E-state index contributed by atoms with van der Waals surface area (Å²) < 4.78 is 0. The van der Waals surface area contributed by atoms with Gasteiger partial charge in [-0.2, -0.15) is 12.6 Å². The van der Waals surface area contributed by atoms with E-state index < -0.39 is 12.1 Å². The van der Waals surface area contributed by atoms with Crippen LogP contribution in [0.5, 0.6) is 0 Å². The van der Waals surface area contributed by atoms with E-state index in [2.05, 4.69) is 12.6 Å². The predicted octanol–water partition coefficient (Wildman–Crippen LogP) is -0.248. The molecule has 0 spiro atoms. The highest BCUT2D eigenvalue weighted by atomic mass is 32.1. The molecule has 0 heterocycles. The number of carbonyl (C=O) groups is 1. The number of rotatable bonds is 3. The van der Waals surface area contributed by atoms with Crippen molar-refractivity contribution >= 4 is 18.6 Å². The molecule has 0 unspecified atom stereocenters. The van der Waals surface area contributed by atoms with E-state index in [1.54, 1.807) is 0 Å². The standard InChI is InChI=1S/C4H8O3S/c5-3(1-2-8)4(6)7/h3,5,8H,1-2H2,(H,6,7)/t3-/m0/s1. The lowest BCUT2D eigenvalue weighted by atomic mass is 10.3. The fourth-order valence-electron chi connectivity index (χ4n) is 0.246. The quantitative estimate of drug-likeness (QED) is 0.469. The first kappa shape index (κ1) is 7.78. The van der Waals surface area contributed by atoms with Crippen molar-refractivity contribution in [2.75, 3.05) is 5.75 Å². The van der Waals surface area contributed by atoms with Crippen LogP contribution in [0.15, 0.2) is 0 Å². The van der Waals surface area contributed by atoms with Crippen LogP contribution in [0.2, 0.25) is 0 Å². The monoisotopic (exact) mass is 136 g/mol. The molecule has 0 saturated carbocycles. The van der Waals surface area contributed by atoms with Crippen LogP contribution in [0.3, 0.4) is 0 Å². The lowest BCUT2D eigenvalue weighted by molar-refractivity contribution is -0.146. The highest BCUT2D eigenvalue weighted by Gasteiger charge is 2.09. The second-order valence-electron chi connectivity index (χ2n) is 1.37. The molecule has 0 bridgehead atoms. The molecule has 0 rings (SSSR count). The number of aliphatic hydroxyl groups is 1. The van der Waals surface area contributed by atoms with Crippen LogP contribution in [0, 0.1) is 0 Å². The average molecular weight is 136 g/mol. The third-order valence-corrected chi connectivity index (χ3v) is 0.946. The summed E-state index contributed by atoms with van der Waals surface area (Å²) >= 11 is 3.73. The van der Waals surface area contributed by atoms with E-state index in [9.17, 15) is 4.79 Å². The Morgan fingerprint density at radius 3 is 2.38 bits per heavy atom.